The van der Waals surface area contributed by atoms with Gasteiger partial charge in [-0.2, -0.15) is 4.98 Å². The van der Waals surface area contributed by atoms with Gasteiger partial charge in [-0.3, -0.25) is 0 Å². The lowest BCUT2D eigenvalue weighted by Gasteiger charge is -2.39. The van der Waals surface area contributed by atoms with E-state index in [0.29, 0.717) is 13.2 Å². The summed E-state index contributed by atoms with van der Waals surface area (Å²) in [4.78, 5) is 23.2. The molecule has 3 N–H and O–H groups in total. The summed E-state index contributed by atoms with van der Waals surface area (Å²) in [6.07, 6.45) is 6.70. The van der Waals surface area contributed by atoms with Gasteiger partial charge in [0.2, 0.25) is 11.9 Å². The first-order valence-corrected chi connectivity index (χ1v) is 10.5. The lowest BCUT2D eigenvalue weighted by Crippen LogP contribution is -2.50. The predicted octanol–water partition coefficient (Wildman–Crippen LogP) is 0.857. The Balaban J connectivity index is 1.63. The van der Waals surface area contributed by atoms with E-state index in [4.69, 9.17) is 20.4 Å². The lowest BCUT2D eigenvalue weighted by molar-refractivity contribution is 0.122. The quantitative estimate of drug-likeness (QED) is 0.778. The number of fused-ring (bicyclic) bond motifs is 1. The Kier molecular flexibility index (Phi) is 4.71. The molecule has 9 heteroatoms. The molecule has 3 aliphatic rings. The highest BCUT2D eigenvalue weighted by Gasteiger charge is 2.43. The van der Waals surface area contributed by atoms with Gasteiger partial charge < -0.3 is 25.6 Å². The van der Waals surface area contributed by atoms with Gasteiger partial charge in [-0.1, -0.05) is 6.92 Å². The molecule has 0 aliphatic carbocycles. The van der Waals surface area contributed by atoms with E-state index >= 15 is 0 Å². The summed E-state index contributed by atoms with van der Waals surface area (Å²) in [5.41, 5.74) is 8.84. The molecule has 5 heterocycles. The third-order valence-corrected chi connectivity index (χ3v) is 6.51. The zero-order valence-electron chi connectivity index (χ0n) is 16.9. The zero-order valence-corrected chi connectivity index (χ0v) is 16.9. The largest absolute Gasteiger partial charge is 0.378 e. The number of hydrogen-bond donors (Lipinski definition) is 2. The van der Waals surface area contributed by atoms with Crippen molar-refractivity contribution in [1.82, 2.24) is 25.3 Å². The topological polar surface area (TPSA) is 105 Å². The molecule has 3 aliphatic heterocycles. The second-order valence-electron chi connectivity index (χ2n) is 8.01. The van der Waals surface area contributed by atoms with Crippen molar-refractivity contribution in [2.75, 3.05) is 61.5 Å². The van der Waals surface area contributed by atoms with E-state index in [9.17, 15) is 0 Å². The van der Waals surface area contributed by atoms with Crippen LogP contribution in [-0.2, 0) is 11.2 Å². The van der Waals surface area contributed by atoms with Gasteiger partial charge in [0, 0.05) is 49.7 Å². The minimum atomic E-state index is 0.122. The van der Waals surface area contributed by atoms with E-state index in [1.54, 1.807) is 12.4 Å². The average molecular weight is 396 g/mol. The Morgan fingerprint density at radius 3 is 2.66 bits per heavy atom. The molecule has 0 unspecified atom stereocenters. The van der Waals surface area contributed by atoms with Crippen LogP contribution < -0.4 is 20.9 Å². The van der Waals surface area contributed by atoms with Crippen molar-refractivity contribution in [2.45, 2.75) is 31.7 Å². The number of nitrogens with zero attached hydrogens (tertiary/aromatic N) is 6. The maximum absolute atomic E-state index is 5.71. The van der Waals surface area contributed by atoms with Crippen molar-refractivity contribution < 1.29 is 4.74 Å². The van der Waals surface area contributed by atoms with Crippen LogP contribution in [0.15, 0.2) is 12.4 Å². The summed E-state index contributed by atoms with van der Waals surface area (Å²) < 4.78 is 5.53. The molecule has 154 valence electrons. The van der Waals surface area contributed by atoms with Crippen molar-refractivity contribution in [3.63, 3.8) is 0 Å². The molecule has 0 amide bonds. The molecule has 1 atom stereocenters. The van der Waals surface area contributed by atoms with Crippen LogP contribution >= 0.6 is 0 Å². The molecule has 2 aromatic rings. The van der Waals surface area contributed by atoms with Crippen LogP contribution in [0.3, 0.4) is 0 Å². The maximum Gasteiger partial charge on any atom is 0.228 e. The number of morpholine rings is 1. The summed E-state index contributed by atoms with van der Waals surface area (Å²) in [7, 11) is 0. The minimum Gasteiger partial charge on any atom is -0.378 e. The second-order valence-corrected chi connectivity index (χ2v) is 8.01. The van der Waals surface area contributed by atoms with E-state index in [1.807, 2.05) is 0 Å². The lowest BCUT2D eigenvalue weighted by atomic mass is 9.93. The van der Waals surface area contributed by atoms with Gasteiger partial charge in [-0.05, 0) is 25.8 Å². The van der Waals surface area contributed by atoms with Crippen LogP contribution in [0.1, 0.15) is 25.3 Å². The summed E-state index contributed by atoms with van der Waals surface area (Å²) in [5, 5.41) is 3.56. The first-order chi connectivity index (χ1) is 14.2. The Labute approximate surface area is 170 Å². The normalized spacial score (nSPS) is 24.2. The van der Waals surface area contributed by atoms with E-state index < -0.39 is 0 Å². The Morgan fingerprint density at radius 2 is 1.97 bits per heavy atom. The van der Waals surface area contributed by atoms with Crippen LogP contribution in [0, 0.1) is 0 Å². The van der Waals surface area contributed by atoms with Crippen LogP contribution in [0.25, 0.3) is 11.3 Å². The number of nitrogens with two attached hydrogens (primary N) is 1. The third-order valence-electron chi connectivity index (χ3n) is 6.51. The number of ether oxygens (including phenoxy) is 1. The second kappa shape index (κ2) is 7.38. The number of nitrogens with one attached hydrogen (secondary N) is 1. The highest BCUT2D eigenvalue weighted by Crippen LogP contribution is 2.41. The molecule has 9 nitrogen and oxygen atoms in total. The van der Waals surface area contributed by atoms with Gasteiger partial charge >= 0.3 is 0 Å². The van der Waals surface area contributed by atoms with Crippen molar-refractivity contribution in [2.24, 2.45) is 0 Å². The average Bonchev–Trinajstić information content (AvgIpc) is 3.42. The van der Waals surface area contributed by atoms with Gasteiger partial charge in [0.05, 0.1) is 24.4 Å². The summed E-state index contributed by atoms with van der Waals surface area (Å²) in [6, 6.07) is 0. The molecule has 2 saturated heterocycles. The molecule has 5 rings (SSSR count). The molecule has 0 saturated carbocycles. The fourth-order valence-corrected chi connectivity index (χ4v) is 4.76. The Bertz CT molecular complexity index is 875. The third kappa shape index (κ3) is 3.18. The van der Waals surface area contributed by atoms with Crippen molar-refractivity contribution >= 4 is 17.7 Å². The Hall–Kier alpha value is -2.52. The molecular weight excluding hydrogens is 368 g/mol. The fourth-order valence-electron chi connectivity index (χ4n) is 4.76. The molecule has 0 aromatic carbocycles. The molecule has 2 aromatic heterocycles. The van der Waals surface area contributed by atoms with Crippen LogP contribution in [0.5, 0.6) is 0 Å². The number of aromatic nitrogens is 4. The predicted molar refractivity (Wildman–Crippen MR) is 112 cm³/mol. The van der Waals surface area contributed by atoms with Crippen molar-refractivity contribution in [3.8, 4) is 11.3 Å². The molecule has 0 bridgehead atoms. The van der Waals surface area contributed by atoms with Crippen LogP contribution in [0.4, 0.5) is 17.7 Å². The number of nitrogen functional groups attached to an aromatic ring is 1. The number of anilines is 3. The van der Waals surface area contributed by atoms with Gasteiger partial charge in [0.15, 0.2) is 0 Å². The molecule has 29 heavy (non-hydrogen) atoms. The van der Waals surface area contributed by atoms with Gasteiger partial charge in [0.25, 0.3) is 0 Å². The van der Waals surface area contributed by atoms with Gasteiger partial charge in [-0.15, -0.1) is 0 Å². The summed E-state index contributed by atoms with van der Waals surface area (Å²) >= 11 is 0. The van der Waals surface area contributed by atoms with E-state index in [2.05, 4.69) is 32.0 Å². The first kappa shape index (κ1) is 18.5. The molecule has 0 radical (unpaired) electrons. The first-order valence-electron chi connectivity index (χ1n) is 10.5. The summed E-state index contributed by atoms with van der Waals surface area (Å²) in [5.74, 6) is 2.11. The minimum absolute atomic E-state index is 0.122. The Morgan fingerprint density at radius 1 is 1.17 bits per heavy atom. The highest BCUT2D eigenvalue weighted by molar-refractivity contribution is 5.73. The number of rotatable bonds is 4. The maximum atomic E-state index is 5.71. The van der Waals surface area contributed by atoms with E-state index in [0.717, 1.165) is 75.0 Å². The van der Waals surface area contributed by atoms with Crippen LogP contribution in [0.2, 0.25) is 0 Å². The van der Waals surface area contributed by atoms with E-state index in [-0.39, 0.29) is 11.5 Å². The molecule has 2 fully saturated rings. The van der Waals surface area contributed by atoms with Gasteiger partial charge in [-0.25, -0.2) is 15.0 Å². The molecular formula is C20H28N8O. The highest BCUT2D eigenvalue weighted by atomic mass is 16.5. The number of hydrogen-bond acceptors (Lipinski definition) is 9. The SMILES string of the molecule is CC[C@@]1(N2CCc3c(-c4cnc(N)nc4)nc(N4CCOCC4)nc32)CCNC1. The van der Waals surface area contributed by atoms with Gasteiger partial charge in [0.1, 0.15) is 5.82 Å². The molecule has 0 spiro atoms. The van der Waals surface area contributed by atoms with Crippen molar-refractivity contribution in [1.29, 1.82) is 0 Å². The zero-order chi connectivity index (χ0) is 19.8. The smallest absolute Gasteiger partial charge is 0.228 e. The monoisotopic (exact) mass is 396 g/mol. The fraction of sp³-hybridized carbons (Fsp3) is 0.600. The summed E-state index contributed by atoms with van der Waals surface area (Å²) in [6.45, 7) is 8.31. The van der Waals surface area contributed by atoms with E-state index in [1.165, 1.54) is 5.56 Å². The standard InChI is InChI=1S/C20H28N8O/c1-2-20(4-5-22-13-20)28-6-3-15-16(14-11-23-18(21)24-12-14)25-19(26-17(15)28)27-7-9-29-10-8-27/h11-12,22H,2-10,13H2,1H3,(H2,21,23,24)/t20-/m1/s1. The van der Waals surface area contributed by atoms with Crippen LogP contribution in [-0.4, -0.2) is 71.4 Å². The van der Waals surface area contributed by atoms with Crippen molar-refractivity contribution in [3.05, 3.63) is 18.0 Å².